The van der Waals surface area contributed by atoms with Crippen LogP contribution < -0.4 is 0 Å². The fourth-order valence-electron chi connectivity index (χ4n) is 3.72. The van der Waals surface area contributed by atoms with Crippen molar-refractivity contribution in [3.63, 3.8) is 0 Å². The quantitative estimate of drug-likeness (QED) is 0.282. The van der Waals surface area contributed by atoms with Gasteiger partial charge in [-0.1, -0.05) is 54.6 Å². The monoisotopic (exact) mass is 427 g/mol. The number of nitrogens with zero attached hydrogens (tertiary/aromatic N) is 3. The van der Waals surface area contributed by atoms with Crippen molar-refractivity contribution < 1.29 is 0 Å². The standard InChI is InChI=1S/C25H18ClN3S/c1-15-8-3-4-11-19(15)22-16(2)27-25(26)29-23(22)17-9-7-10-18(14-17)24-28-20-12-5-6-13-21(20)30-24/h3-14H,1-2H3. The van der Waals surface area contributed by atoms with Crippen LogP contribution in [-0.4, -0.2) is 15.0 Å². The molecule has 0 aliphatic heterocycles. The van der Waals surface area contributed by atoms with Crippen LogP contribution in [0.2, 0.25) is 5.28 Å². The molecule has 0 aliphatic carbocycles. The maximum Gasteiger partial charge on any atom is 0.223 e. The summed E-state index contributed by atoms with van der Waals surface area (Å²) in [5.74, 6) is 0. The van der Waals surface area contributed by atoms with Gasteiger partial charge in [-0.3, -0.25) is 0 Å². The topological polar surface area (TPSA) is 38.7 Å². The molecule has 0 aliphatic rings. The first-order valence-corrected chi connectivity index (χ1v) is 10.9. The van der Waals surface area contributed by atoms with Gasteiger partial charge in [-0.25, -0.2) is 15.0 Å². The Balaban J connectivity index is 1.70. The van der Waals surface area contributed by atoms with Gasteiger partial charge in [0.2, 0.25) is 5.28 Å². The third-order valence-electron chi connectivity index (χ3n) is 5.15. The lowest BCUT2D eigenvalue weighted by atomic mass is 9.94. The number of hydrogen-bond donors (Lipinski definition) is 0. The molecule has 0 unspecified atom stereocenters. The summed E-state index contributed by atoms with van der Waals surface area (Å²) >= 11 is 7.97. The zero-order chi connectivity index (χ0) is 20.7. The minimum absolute atomic E-state index is 0.255. The fourth-order valence-corrected chi connectivity index (χ4v) is 4.89. The average Bonchev–Trinajstić information content (AvgIpc) is 3.19. The molecule has 2 heterocycles. The maximum absolute atomic E-state index is 6.28. The van der Waals surface area contributed by atoms with Crippen LogP contribution in [0.5, 0.6) is 0 Å². The lowest BCUT2D eigenvalue weighted by Crippen LogP contribution is -1.99. The summed E-state index contributed by atoms with van der Waals surface area (Å²) in [5, 5.41) is 1.25. The van der Waals surface area contributed by atoms with Crippen molar-refractivity contribution in [3.05, 3.63) is 89.3 Å². The first-order valence-electron chi connectivity index (χ1n) is 9.66. The molecule has 0 saturated carbocycles. The van der Waals surface area contributed by atoms with Crippen molar-refractivity contribution >= 4 is 33.2 Å². The summed E-state index contributed by atoms with van der Waals surface area (Å²) in [6, 6.07) is 24.8. The molecular formula is C25H18ClN3S. The predicted octanol–water partition coefficient (Wildman–Crippen LogP) is 7.36. The highest BCUT2D eigenvalue weighted by Gasteiger charge is 2.17. The number of thiazole rings is 1. The molecule has 0 bridgehead atoms. The van der Waals surface area contributed by atoms with Crippen LogP contribution in [0.15, 0.2) is 72.8 Å². The highest BCUT2D eigenvalue weighted by Crippen LogP contribution is 2.37. The molecule has 0 N–H and O–H groups in total. The van der Waals surface area contributed by atoms with Crippen LogP contribution in [0.4, 0.5) is 0 Å². The van der Waals surface area contributed by atoms with Crippen LogP contribution in [0.25, 0.3) is 43.2 Å². The third kappa shape index (κ3) is 3.38. The number of halogens is 1. The maximum atomic E-state index is 6.28. The van der Waals surface area contributed by atoms with Gasteiger partial charge in [0.1, 0.15) is 5.01 Å². The zero-order valence-electron chi connectivity index (χ0n) is 16.6. The Kier molecular flexibility index (Phi) is 4.81. The van der Waals surface area contributed by atoms with Gasteiger partial charge in [0.15, 0.2) is 0 Å². The summed E-state index contributed by atoms with van der Waals surface area (Å²) in [5.41, 5.74) is 8.09. The molecule has 146 valence electrons. The number of aryl methyl sites for hydroxylation is 2. The molecule has 3 aromatic carbocycles. The second kappa shape index (κ2) is 7.63. The first-order chi connectivity index (χ1) is 14.6. The molecule has 5 rings (SSSR count). The Morgan fingerprint density at radius 2 is 1.53 bits per heavy atom. The number of fused-ring (bicyclic) bond motifs is 1. The van der Waals surface area contributed by atoms with Gasteiger partial charge < -0.3 is 0 Å². The number of hydrogen-bond acceptors (Lipinski definition) is 4. The molecule has 0 spiro atoms. The predicted molar refractivity (Wildman–Crippen MR) is 126 cm³/mol. The minimum Gasteiger partial charge on any atom is -0.236 e. The molecule has 5 heteroatoms. The number of rotatable bonds is 3. The van der Waals surface area contributed by atoms with E-state index < -0.39 is 0 Å². The van der Waals surface area contributed by atoms with Crippen molar-refractivity contribution in [1.29, 1.82) is 0 Å². The van der Waals surface area contributed by atoms with Crippen molar-refractivity contribution in [3.8, 4) is 33.0 Å². The van der Waals surface area contributed by atoms with Gasteiger partial charge in [0.25, 0.3) is 0 Å². The molecular weight excluding hydrogens is 410 g/mol. The lowest BCUT2D eigenvalue weighted by Gasteiger charge is -2.14. The van der Waals surface area contributed by atoms with E-state index in [9.17, 15) is 0 Å². The molecule has 5 aromatic rings. The Bertz CT molecular complexity index is 1360. The van der Waals surface area contributed by atoms with Crippen LogP contribution in [0.3, 0.4) is 0 Å². The number of para-hydroxylation sites is 1. The van der Waals surface area contributed by atoms with Crippen molar-refractivity contribution in [2.45, 2.75) is 13.8 Å². The van der Waals surface area contributed by atoms with Crippen molar-refractivity contribution in [2.75, 3.05) is 0 Å². The van der Waals surface area contributed by atoms with E-state index in [1.54, 1.807) is 11.3 Å². The lowest BCUT2D eigenvalue weighted by molar-refractivity contribution is 1.11. The average molecular weight is 428 g/mol. The summed E-state index contributed by atoms with van der Waals surface area (Å²) in [4.78, 5) is 13.9. The molecule has 0 radical (unpaired) electrons. The smallest absolute Gasteiger partial charge is 0.223 e. The molecule has 0 amide bonds. The van der Waals surface area contributed by atoms with E-state index in [4.69, 9.17) is 16.6 Å². The van der Waals surface area contributed by atoms with E-state index in [1.807, 2.05) is 43.3 Å². The van der Waals surface area contributed by atoms with Crippen molar-refractivity contribution in [2.24, 2.45) is 0 Å². The highest BCUT2D eigenvalue weighted by atomic mass is 35.5. The van der Waals surface area contributed by atoms with Crippen LogP contribution in [0, 0.1) is 13.8 Å². The van der Waals surface area contributed by atoms with Crippen LogP contribution >= 0.6 is 22.9 Å². The Labute approximate surface area is 184 Å². The molecule has 30 heavy (non-hydrogen) atoms. The highest BCUT2D eigenvalue weighted by molar-refractivity contribution is 7.21. The van der Waals surface area contributed by atoms with Gasteiger partial charge in [-0.15, -0.1) is 11.3 Å². The van der Waals surface area contributed by atoms with Crippen LogP contribution in [-0.2, 0) is 0 Å². The SMILES string of the molecule is Cc1ccccc1-c1c(C)nc(Cl)nc1-c1cccc(-c2nc3ccccc3s2)c1. The first kappa shape index (κ1) is 18.9. The third-order valence-corrected chi connectivity index (χ3v) is 6.41. The Morgan fingerprint density at radius 1 is 0.767 bits per heavy atom. The number of aromatic nitrogens is 3. The minimum atomic E-state index is 0.255. The molecule has 3 nitrogen and oxygen atoms in total. The molecule has 0 saturated heterocycles. The van der Waals surface area contributed by atoms with E-state index in [2.05, 4.69) is 53.3 Å². The van der Waals surface area contributed by atoms with Gasteiger partial charge in [0.05, 0.1) is 21.6 Å². The molecule has 2 aromatic heterocycles. The molecule has 0 fully saturated rings. The van der Waals surface area contributed by atoms with Gasteiger partial charge in [0, 0.05) is 16.7 Å². The van der Waals surface area contributed by atoms with Crippen molar-refractivity contribution in [1.82, 2.24) is 15.0 Å². The summed E-state index contributed by atoms with van der Waals surface area (Å²) in [7, 11) is 0. The van der Waals surface area contributed by atoms with E-state index in [1.165, 1.54) is 10.3 Å². The van der Waals surface area contributed by atoms with Gasteiger partial charge in [-0.05, 0) is 54.8 Å². The van der Waals surface area contributed by atoms with E-state index in [-0.39, 0.29) is 5.28 Å². The Morgan fingerprint density at radius 3 is 2.37 bits per heavy atom. The summed E-state index contributed by atoms with van der Waals surface area (Å²) < 4.78 is 1.18. The normalized spacial score (nSPS) is 11.2. The van der Waals surface area contributed by atoms with Gasteiger partial charge >= 0.3 is 0 Å². The largest absolute Gasteiger partial charge is 0.236 e. The molecule has 0 atom stereocenters. The van der Waals surface area contributed by atoms with Gasteiger partial charge in [-0.2, -0.15) is 0 Å². The van der Waals surface area contributed by atoms with Crippen LogP contribution in [0.1, 0.15) is 11.3 Å². The summed E-state index contributed by atoms with van der Waals surface area (Å²) in [6.07, 6.45) is 0. The second-order valence-corrected chi connectivity index (χ2v) is 8.55. The zero-order valence-corrected chi connectivity index (χ0v) is 18.1. The fraction of sp³-hybridized carbons (Fsp3) is 0.0800. The second-order valence-electron chi connectivity index (χ2n) is 7.18. The Hall–Kier alpha value is -3.08. The summed E-state index contributed by atoms with van der Waals surface area (Å²) in [6.45, 7) is 4.08. The van der Waals surface area contributed by atoms with E-state index in [0.717, 1.165) is 44.2 Å². The number of benzene rings is 3. The van der Waals surface area contributed by atoms with E-state index >= 15 is 0 Å². The van der Waals surface area contributed by atoms with E-state index in [0.29, 0.717) is 0 Å².